The van der Waals surface area contributed by atoms with E-state index in [1.165, 1.54) is 11.3 Å². The van der Waals surface area contributed by atoms with Gasteiger partial charge in [-0.2, -0.15) is 5.26 Å². The second kappa shape index (κ2) is 7.71. The summed E-state index contributed by atoms with van der Waals surface area (Å²) >= 11 is 0. The van der Waals surface area contributed by atoms with Crippen molar-refractivity contribution in [2.45, 2.75) is 32.6 Å². The van der Waals surface area contributed by atoms with Crippen LogP contribution in [0.15, 0.2) is 30.3 Å². The Morgan fingerprint density at radius 3 is 2.58 bits per heavy atom. The van der Waals surface area contributed by atoms with Gasteiger partial charge >= 0.3 is 0 Å². The SMILES string of the molecule is CCc1cc2c(cc1N1CCNCC1)C(C)(C)c1[nH]c3cc(C#N)ccc3c1C2=O.Cl. The van der Waals surface area contributed by atoms with Gasteiger partial charge in [0.1, 0.15) is 0 Å². The van der Waals surface area contributed by atoms with Crippen molar-refractivity contribution in [3.63, 3.8) is 0 Å². The Hall–Kier alpha value is -2.81. The molecule has 6 heteroatoms. The number of nitrogens with zero attached hydrogens (tertiary/aromatic N) is 2. The first-order valence-electron chi connectivity index (χ1n) is 10.7. The summed E-state index contributed by atoms with van der Waals surface area (Å²) in [7, 11) is 0. The number of nitriles is 1. The van der Waals surface area contributed by atoms with E-state index in [9.17, 15) is 10.1 Å². The van der Waals surface area contributed by atoms with Gasteiger partial charge in [0, 0.05) is 59.4 Å². The molecule has 3 aromatic rings. The molecular formula is C25H27ClN4O. The van der Waals surface area contributed by atoms with Gasteiger partial charge in [-0.1, -0.05) is 26.8 Å². The fourth-order valence-corrected chi connectivity index (χ4v) is 5.06. The number of aromatic nitrogens is 1. The molecule has 1 saturated heterocycles. The number of fused-ring (bicyclic) bond motifs is 4. The average Bonchev–Trinajstić information content (AvgIpc) is 3.17. The standard InChI is InChI=1S/C25H26N4O.ClH/c1-4-16-12-18-19(13-21(16)29-9-7-27-8-10-29)25(2,3)24-22(23(18)30)17-6-5-15(14-26)11-20(17)28-24;/h5-6,11-13,27-28H,4,7-10H2,1-3H3;1H. The second-order valence-electron chi connectivity index (χ2n) is 8.82. The summed E-state index contributed by atoms with van der Waals surface area (Å²) in [5, 5.41) is 13.6. The van der Waals surface area contributed by atoms with E-state index in [0.29, 0.717) is 5.56 Å². The third-order valence-corrected chi connectivity index (χ3v) is 6.76. The van der Waals surface area contributed by atoms with Gasteiger partial charge in [-0.15, -0.1) is 12.4 Å². The van der Waals surface area contributed by atoms with Gasteiger partial charge in [-0.05, 0) is 41.8 Å². The van der Waals surface area contributed by atoms with Crippen molar-refractivity contribution in [2.24, 2.45) is 0 Å². The topological polar surface area (TPSA) is 71.9 Å². The average molecular weight is 435 g/mol. The Bertz CT molecular complexity index is 1230. The summed E-state index contributed by atoms with van der Waals surface area (Å²) < 4.78 is 0. The third kappa shape index (κ3) is 3.13. The zero-order valence-electron chi connectivity index (χ0n) is 18.1. The number of anilines is 1. The van der Waals surface area contributed by atoms with E-state index in [-0.39, 0.29) is 23.6 Å². The van der Waals surface area contributed by atoms with Crippen LogP contribution < -0.4 is 10.2 Å². The highest BCUT2D eigenvalue weighted by Crippen LogP contribution is 2.45. The number of halogens is 1. The molecule has 0 unspecified atom stereocenters. The summed E-state index contributed by atoms with van der Waals surface area (Å²) in [6.45, 7) is 10.5. The molecule has 2 aromatic carbocycles. The molecule has 160 valence electrons. The summed E-state index contributed by atoms with van der Waals surface area (Å²) in [5.74, 6) is 0.0804. The maximum Gasteiger partial charge on any atom is 0.195 e. The van der Waals surface area contributed by atoms with Crippen LogP contribution in [-0.2, 0) is 11.8 Å². The molecule has 0 atom stereocenters. The first kappa shape index (κ1) is 21.4. The van der Waals surface area contributed by atoms with Crippen LogP contribution in [0.2, 0.25) is 0 Å². The van der Waals surface area contributed by atoms with Crippen molar-refractivity contribution in [2.75, 3.05) is 31.1 Å². The molecule has 2 heterocycles. The van der Waals surface area contributed by atoms with Crippen LogP contribution in [0, 0.1) is 11.3 Å². The predicted molar refractivity (Wildman–Crippen MR) is 127 cm³/mol. The Balaban J connectivity index is 0.00000231. The van der Waals surface area contributed by atoms with Crippen molar-refractivity contribution in [1.82, 2.24) is 10.3 Å². The highest BCUT2D eigenvalue weighted by molar-refractivity contribution is 6.20. The largest absolute Gasteiger partial charge is 0.369 e. The number of ketones is 1. The lowest BCUT2D eigenvalue weighted by Crippen LogP contribution is -2.44. The quantitative estimate of drug-likeness (QED) is 0.630. The highest BCUT2D eigenvalue weighted by Gasteiger charge is 2.40. The minimum Gasteiger partial charge on any atom is -0.369 e. The number of piperazine rings is 1. The van der Waals surface area contributed by atoms with Gasteiger partial charge < -0.3 is 15.2 Å². The fourth-order valence-electron chi connectivity index (χ4n) is 5.06. The molecule has 1 aromatic heterocycles. The number of nitrogens with one attached hydrogen (secondary N) is 2. The number of carbonyl (C=O) groups excluding carboxylic acids is 1. The molecule has 5 nitrogen and oxygen atoms in total. The molecule has 1 fully saturated rings. The lowest BCUT2D eigenvalue weighted by molar-refractivity contribution is 0.103. The van der Waals surface area contributed by atoms with Crippen LogP contribution in [0.3, 0.4) is 0 Å². The first-order valence-corrected chi connectivity index (χ1v) is 10.7. The maximum atomic E-state index is 13.7. The first-order chi connectivity index (χ1) is 14.5. The predicted octanol–water partition coefficient (Wildman–Crippen LogP) is 4.30. The van der Waals surface area contributed by atoms with Gasteiger partial charge in [0.25, 0.3) is 0 Å². The van der Waals surface area contributed by atoms with Crippen LogP contribution in [-0.4, -0.2) is 36.9 Å². The lowest BCUT2D eigenvalue weighted by Gasteiger charge is -2.36. The molecule has 0 amide bonds. The van der Waals surface area contributed by atoms with E-state index >= 15 is 0 Å². The minimum absolute atomic E-state index is 0. The number of H-pyrrole nitrogens is 1. The fraction of sp³-hybridized carbons (Fsp3) is 0.360. The van der Waals surface area contributed by atoms with Crippen molar-refractivity contribution in [3.05, 3.63) is 63.8 Å². The monoisotopic (exact) mass is 434 g/mol. The van der Waals surface area contributed by atoms with E-state index in [2.05, 4.69) is 54.2 Å². The molecule has 5 rings (SSSR count). The van der Waals surface area contributed by atoms with Crippen LogP contribution in [0.4, 0.5) is 5.69 Å². The second-order valence-corrected chi connectivity index (χ2v) is 8.82. The van der Waals surface area contributed by atoms with Gasteiger partial charge in [-0.25, -0.2) is 0 Å². The molecule has 31 heavy (non-hydrogen) atoms. The summed E-state index contributed by atoms with van der Waals surface area (Å²) in [5.41, 5.74) is 7.19. The maximum absolute atomic E-state index is 13.7. The van der Waals surface area contributed by atoms with Crippen molar-refractivity contribution >= 4 is 34.8 Å². The van der Waals surface area contributed by atoms with E-state index in [1.54, 1.807) is 6.07 Å². The van der Waals surface area contributed by atoms with Crippen molar-refractivity contribution < 1.29 is 4.79 Å². The Labute approximate surface area is 188 Å². The van der Waals surface area contributed by atoms with Gasteiger partial charge in [0.05, 0.1) is 17.2 Å². The molecule has 1 aliphatic heterocycles. The number of aryl methyl sites for hydroxylation is 1. The number of benzene rings is 2. The summed E-state index contributed by atoms with van der Waals surface area (Å²) in [4.78, 5) is 19.6. The molecule has 0 radical (unpaired) electrons. The van der Waals surface area contributed by atoms with Gasteiger partial charge in [0.15, 0.2) is 5.78 Å². The van der Waals surface area contributed by atoms with E-state index in [1.807, 2.05) is 12.1 Å². The van der Waals surface area contributed by atoms with Crippen molar-refractivity contribution in [3.8, 4) is 6.07 Å². The number of aromatic amines is 1. The van der Waals surface area contributed by atoms with E-state index in [4.69, 9.17) is 0 Å². The molecule has 2 N–H and O–H groups in total. The van der Waals surface area contributed by atoms with Crippen LogP contribution in [0.25, 0.3) is 10.9 Å². The van der Waals surface area contributed by atoms with Crippen molar-refractivity contribution in [1.29, 1.82) is 5.26 Å². The third-order valence-electron chi connectivity index (χ3n) is 6.76. The van der Waals surface area contributed by atoms with Crippen LogP contribution in [0.1, 0.15) is 59.1 Å². The molecular weight excluding hydrogens is 408 g/mol. The number of hydrogen-bond acceptors (Lipinski definition) is 4. The van der Waals surface area contributed by atoms with Crippen LogP contribution >= 0.6 is 12.4 Å². The smallest absolute Gasteiger partial charge is 0.195 e. The minimum atomic E-state index is -0.334. The number of carbonyl (C=O) groups is 1. The number of rotatable bonds is 2. The van der Waals surface area contributed by atoms with Gasteiger partial charge in [-0.3, -0.25) is 4.79 Å². The van der Waals surface area contributed by atoms with Crippen LogP contribution in [0.5, 0.6) is 0 Å². The molecule has 2 aliphatic rings. The highest BCUT2D eigenvalue weighted by atomic mass is 35.5. The van der Waals surface area contributed by atoms with E-state index < -0.39 is 0 Å². The normalized spacial score (nSPS) is 17.0. The molecule has 0 bridgehead atoms. The molecule has 0 spiro atoms. The Morgan fingerprint density at radius 1 is 1.16 bits per heavy atom. The zero-order chi connectivity index (χ0) is 21.0. The molecule has 0 saturated carbocycles. The summed E-state index contributed by atoms with van der Waals surface area (Å²) in [6.07, 6.45) is 0.895. The Morgan fingerprint density at radius 2 is 1.90 bits per heavy atom. The molecule has 1 aliphatic carbocycles. The summed E-state index contributed by atoms with van der Waals surface area (Å²) in [6, 6.07) is 12.1. The van der Waals surface area contributed by atoms with Gasteiger partial charge in [0.2, 0.25) is 0 Å². The van der Waals surface area contributed by atoms with E-state index in [0.717, 1.165) is 65.9 Å². The zero-order valence-corrected chi connectivity index (χ0v) is 18.9. The number of hydrogen-bond donors (Lipinski definition) is 2. The Kier molecular flexibility index (Phi) is 5.33. The lowest BCUT2D eigenvalue weighted by atomic mass is 9.70.